The molecule has 0 unspecified atom stereocenters. The van der Waals surface area contributed by atoms with E-state index in [1.165, 1.54) is 90.0 Å². The molecule has 0 amide bonds. The van der Waals surface area contributed by atoms with Gasteiger partial charge >= 0.3 is 6.18 Å². The highest BCUT2D eigenvalue weighted by Crippen LogP contribution is 2.50. The number of ketones is 11. The molecule has 8 rings (SSSR count). The number of nitrogens with zero attached hydrogens (tertiary/aromatic N) is 3. The summed E-state index contributed by atoms with van der Waals surface area (Å²) >= 11 is 1.79. The van der Waals surface area contributed by atoms with Crippen LogP contribution in [0.5, 0.6) is 0 Å². The molecule has 16 nitrogen and oxygen atoms in total. The minimum absolute atomic E-state index is 0.0273. The number of rotatable bonds is 32. The molecule has 0 saturated heterocycles. The third-order valence-electron chi connectivity index (χ3n) is 16.0. The molecule has 2 aromatic carbocycles. The van der Waals surface area contributed by atoms with E-state index in [4.69, 9.17) is 0 Å². The zero-order chi connectivity index (χ0) is 80.2. The van der Waals surface area contributed by atoms with Crippen LogP contribution in [-0.2, 0) is 87.3 Å². The number of hydrogen-bond donors (Lipinski definition) is 0. The number of carbonyl (C=O) groups is 11. The maximum atomic E-state index is 12.9. The van der Waals surface area contributed by atoms with E-state index >= 15 is 0 Å². The minimum atomic E-state index is -4.12. The van der Waals surface area contributed by atoms with Crippen LogP contribution in [0.2, 0.25) is 0 Å². The lowest BCUT2D eigenvalue weighted by atomic mass is 9.82. The van der Waals surface area contributed by atoms with Gasteiger partial charge in [-0.15, -0.1) is 0 Å². The molecule has 2 heterocycles. The Balaban J connectivity index is -0.00000110. The highest BCUT2D eigenvalue weighted by Gasteiger charge is 2.46. The van der Waals surface area contributed by atoms with Crippen molar-refractivity contribution >= 4 is 85.2 Å². The molecular formula is C83H125F4N3O13S2. The number of Topliss-reactive ketones (excluding diaryl/α,β-unsaturated/α-hetero) is 11. The van der Waals surface area contributed by atoms with Gasteiger partial charge in [-0.1, -0.05) is 100 Å². The zero-order valence-electron chi connectivity index (χ0n) is 65.6. The maximum absolute atomic E-state index is 12.9. The Morgan fingerprint density at radius 3 is 1.29 bits per heavy atom. The molecule has 2 aromatic heterocycles. The van der Waals surface area contributed by atoms with Crippen LogP contribution in [0, 0.1) is 23.6 Å². The van der Waals surface area contributed by atoms with Gasteiger partial charge in [0.05, 0.1) is 5.75 Å². The lowest BCUT2D eigenvalue weighted by molar-refractivity contribution is -0.137. The lowest BCUT2D eigenvalue weighted by Crippen LogP contribution is -2.13. The predicted octanol–water partition coefficient (Wildman–Crippen LogP) is 18.7. The summed E-state index contributed by atoms with van der Waals surface area (Å²) in [6.45, 7) is 19.4. The number of sulfone groups is 1. The molecular weight excluding hydrogens is 1390 g/mol. The number of halogens is 4. The van der Waals surface area contributed by atoms with Crippen LogP contribution in [0.15, 0.2) is 97.5 Å². The monoisotopic (exact) mass is 1510 g/mol. The van der Waals surface area contributed by atoms with Crippen LogP contribution >= 0.6 is 11.8 Å². The number of alkyl halides is 3. The first-order valence-electron chi connectivity index (χ1n) is 36.9. The van der Waals surface area contributed by atoms with Crippen LogP contribution in [0.1, 0.15) is 279 Å². The summed E-state index contributed by atoms with van der Waals surface area (Å²) in [5.74, 6) is 6.48. The molecule has 4 aromatic rings. The molecule has 0 spiro atoms. The molecule has 0 atom stereocenters. The summed E-state index contributed by atoms with van der Waals surface area (Å²) in [7, 11) is -2.87. The Hall–Kier alpha value is -6.94. The fraction of sp³-hybridized carbons (Fsp3) is 0.614. The molecule has 0 radical (unpaired) electrons. The molecule has 4 saturated carbocycles. The van der Waals surface area contributed by atoms with Gasteiger partial charge in [0, 0.05) is 119 Å². The van der Waals surface area contributed by atoms with E-state index in [9.17, 15) is 78.7 Å². The highest BCUT2D eigenvalue weighted by molar-refractivity contribution is 7.98. The number of pyridine rings is 1. The van der Waals surface area contributed by atoms with Gasteiger partial charge in [0.15, 0.2) is 0 Å². The van der Waals surface area contributed by atoms with Crippen molar-refractivity contribution < 1.29 is 78.7 Å². The van der Waals surface area contributed by atoms with Crippen molar-refractivity contribution in [2.75, 3.05) is 24.0 Å². The van der Waals surface area contributed by atoms with Crippen molar-refractivity contribution in [1.29, 1.82) is 0 Å². The summed E-state index contributed by atoms with van der Waals surface area (Å²) in [6.07, 6.45) is 28.5. The molecule has 0 aliphatic heterocycles. The molecule has 4 aliphatic carbocycles. The number of aryl methyl sites for hydroxylation is 3. The summed E-state index contributed by atoms with van der Waals surface area (Å²) < 4.78 is 68.1. The van der Waals surface area contributed by atoms with Gasteiger partial charge in [-0.25, -0.2) is 22.8 Å². The van der Waals surface area contributed by atoms with Gasteiger partial charge in [-0.05, 0) is 212 Å². The number of carbonyl (C=O) groups excluding carboxylic acids is 11. The van der Waals surface area contributed by atoms with Gasteiger partial charge in [0.1, 0.15) is 85.1 Å². The number of aromatic nitrogens is 3. The van der Waals surface area contributed by atoms with Crippen LogP contribution in [0.25, 0.3) is 0 Å². The van der Waals surface area contributed by atoms with E-state index in [0.717, 1.165) is 106 Å². The van der Waals surface area contributed by atoms with Crippen LogP contribution in [0.4, 0.5) is 17.6 Å². The summed E-state index contributed by atoms with van der Waals surface area (Å²) in [6, 6.07) is 24.3. The molecule has 4 aliphatic rings. The van der Waals surface area contributed by atoms with E-state index in [1.54, 1.807) is 110 Å². The Morgan fingerprint density at radius 2 is 0.914 bits per heavy atom. The SMILES string of the molecule is CC(=O)CC1(c2ccccn2)CC1.CC(=O)CC1CC1.CC(=O)CC1CCC1.CC(=O)CCC1CCC1.CC(=O)CCCC(F)(F)F.CC(=O)CCCS(C)(=O)=O.CC(=O)CCc1ccccc1.CC(=O)CCc1ccccc1F.CC(=O)CCc1ncccn1.CCCC(C)=O.CSCCCC(C)=O. The average Bonchev–Trinajstić information content (AvgIpc) is 1.62. The van der Waals surface area contributed by atoms with Crippen molar-refractivity contribution in [3.8, 4) is 0 Å². The van der Waals surface area contributed by atoms with Gasteiger partial charge in [-0.3, -0.25) is 9.78 Å². The minimum Gasteiger partial charge on any atom is -0.300 e. The Labute approximate surface area is 630 Å². The molecule has 0 bridgehead atoms. The molecule has 4 fully saturated rings. The quantitative estimate of drug-likeness (QED) is 0.0325. The number of hydrogen-bond acceptors (Lipinski definition) is 17. The van der Waals surface area contributed by atoms with Crippen molar-refractivity contribution in [2.24, 2.45) is 17.8 Å². The van der Waals surface area contributed by atoms with Crippen LogP contribution in [-0.4, -0.2) is 117 Å². The standard InChI is InChI=1S/C11H13NO.C10H11FO.C10H12O.C8H10N2O.C8H14O.C7H12O.C6H9F3O.C6H12O3S.C6H12OS.C6H10O.C5H10O/c1-9(13)8-11(5-6-11)10-4-2-3-7-12-10;1-8(12)6-7-9-4-2-3-5-10(9)11;1-9(11)7-8-10-5-3-2-4-6-10;1-7(11)3-4-8-9-5-2-6-10-8;1-7(9)5-6-8-3-2-4-8;1-6(8)5-7-3-2-4-7;1-5(10)3-2-4-6(7,8)9;1-6(7)4-3-5-10(2,8)9;1-6(7)4-3-5-8-2;1-5(7)4-6-2-3-6;1-3-4-5(2)6/h2-4,7H,5-6,8H2,1H3;2-5H,6-7H2,1H3;2-6H,7-8H2,1H3;2,5-6H,3-4H2,1H3;8H,2-6H2,1H3;7H,2-5H2,1H3;2-4H2,1H3;3-5H2,1-2H3;3-5H2,1-2H3;6H,2-4H2,1H3;3-4H2,1-2H3. The van der Waals surface area contributed by atoms with Gasteiger partial charge < -0.3 is 47.9 Å². The smallest absolute Gasteiger partial charge is 0.300 e. The van der Waals surface area contributed by atoms with Gasteiger partial charge in [-0.2, -0.15) is 24.9 Å². The third kappa shape index (κ3) is 73.7. The van der Waals surface area contributed by atoms with E-state index in [2.05, 4.69) is 21.2 Å². The van der Waals surface area contributed by atoms with E-state index in [0.29, 0.717) is 80.1 Å². The first-order valence-corrected chi connectivity index (χ1v) is 40.3. The summed E-state index contributed by atoms with van der Waals surface area (Å²) in [5.41, 5.74) is 3.05. The normalized spacial score (nSPS) is 13.2. The zero-order valence-corrected chi connectivity index (χ0v) is 67.2. The van der Waals surface area contributed by atoms with Crippen molar-refractivity contribution in [1.82, 2.24) is 15.0 Å². The fourth-order valence-corrected chi connectivity index (χ4v) is 10.6. The highest BCUT2D eigenvalue weighted by atomic mass is 32.2. The van der Waals surface area contributed by atoms with Crippen LogP contribution in [0.3, 0.4) is 0 Å². The second kappa shape index (κ2) is 62.1. The summed E-state index contributed by atoms with van der Waals surface area (Å²) in [4.78, 5) is 127. The topological polar surface area (TPSA) is 261 Å². The second-order valence-corrected chi connectivity index (χ2v) is 30.9. The van der Waals surface area contributed by atoms with Crippen molar-refractivity contribution in [2.45, 2.75) is 287 Å². The second-order valence-electron chi connectivity index (χ2n) is 27.7. The van der Waals surface area contributed by atoms with Gasteiger partial charge in [0.2, 0.25) is 0 Å². The van der Waals surface area contributed by atoms with E-state index in [-0.39, 0.29) is 70.3 Å². The number of thioether (sulfide) groups is 1. The summed E-state index contributed by atoms with van der Waals surface area (Å²) in [5, 5.41) is 0. The average molecular weight is 1510 g/mol. The largest absolute Gasteiger partial charge is 0.389 e. The number of benzene rings is 2. The first-order chi connectivity index (χ1) is 49.2. The molecule has 590 valence electrons. The Kier molecular flexibility index (Phi) is 60.5. The lowest BCUT2D eigenvalue weighted by Gasteiger charge is -2.24. The Morgan fingerprint density at radius 1 is 0.476 bits per heavy atom. The molecule has 0 N–H and O–H groups in total. The third-order valence-corrected chi connectivity index (χ3v) is 17.7. The first kappa shape index (κ1) is 102. The van der Waals surface area contributed by atoms with Crippen molar-refractivity contribution in [3.63, 3.8) is 0 Å². The fourth-order valence-electron chi connectivity index (χ4n) is 9.51. The van der Waals surface area contributed by atoms with Gasteiger partial charge in [0.25, 0.3) is 0 Å². The van der Waals surface area contributed by atoms with E-state index in [1.807, 2.05) is 55.5 Å². The maximum Gasteiger partial charge on any atom is 0.389 e. The molecule has 22 heteroatoms. The van der Waals surface area contributed by atoms with Crippen molar-refractivity contribution in [3.05, 3.63) is 126 Å². The van der Waals surface area contributed by atoms with E-state index < -0.39 is 22.4 Å². The predicted molar refractivity (Wildman–Crippen MR) is 414 cm³/mol. The molecule has 105 heavy (non-hydrogen) atoms. The van der Waals surface area contributed by atoms with Crippen LogP contribution < -0.4 is 0 Å². The Bertz CT molecular complexity index is 3160.